The molecule has 0 aliphatic carbocycles. The molecule has 2 amide bonds. The monoisotopic (exact) mass is 481 g/mol. The van der Waals surface area contributed by atoms with Crippen molar-refractivity contribution < 1.29 is 22.7 Å². The molecule has 3 aromatic carbocycles. The summed E-state index contributed by atoms with van der Waals surface area (Å²) in [6.07, 6.45) is 0. The molecule has 0 aromatic heterocycles. The van der Waals surface area contributed by atoms with E-state index in [4.69, 9.17) is 4.74 Å². The summed E-state index contributed by atoms with van der Waals surface area (Å²) in [6.45, 7) is 4.92. The minimum absolute atomic E-state index is 0.0468. The van der Waals surface area contributed by atoms with Crippen molar-refractivity contribution in [3.05, 3.63) is 83.4 Å². The van der Waals surface area contributed by atoms with Crippen LogP contribution in [-0.4, -0.2) is 33.4 Å². The molecule has 0 bridgehead atoms. The van der Waals surface area contributed by atoms with Gasteiger partial charge in [0.05, 0.1) is 17.1 Å². The van der Waals surface area contributed by atoms with Crippen molar-refractivity contribution in [1.82, 2.24) is 5.32 Å². The van der Waals surface area contributed by atoms with E-state index in [1.54, 1.807) is 49.4 Å². The molecule has 0 saturated heterocycles. The second kappa shape index (κ2) is 10.8. The summed E-state index contributed by atoms with van der Waals surface area (Å²) in [5, 5.41) is 5.07. The fraction of sp³-hybridized carbons (Fsp3) is 0.200. The summed E-state index contributed by atoms with van der Waals surface area (Å²) in [4.78, 5) is 24.2. The van der Waals surface area contributed by atoms with E-state index < -0.39 is 21.8 Å². The third kappa shape index (κ3) is 6.82. The third-order valence-corrected chi connectivity index (χ3v) is 6.45. The van der Waals surface area contributed by atoms with Crippen LogP contribution < -0.4 is 20.1 Å². The van der Waals surface area contributed by atoms with Gasteiger partial charge in [0.25, 0.3) is 15.9 Å². The summed E-state index contributed by atoms with van der Waals surface area (Å²) in [5.74, 6) is -0.406. The number of para-hydroxylation sites is 1. The second-order valence-corrected chi connectivity index (χ2v) is 9.48. The zero-order chi connectivity index (χ0) is 24.7. The Kier molecular flexibility index (Phi) is 7.91. The highest BCUT2D eigenvalue weighted by molar-refractivity contribution is 7.92. The van der Waals surface area contributed by atoms with Gasteiger partial charge in [-0.1, -0.05) is 42.0 Å². The van der Waals surface area contributed by atoms with E-state index in [9.17, 15) is 18.0 Å². The molecule has 0 unspecified atom stereocenters. The van der Waals surface area contributed by atoms with Crippen molar-refractivity contribution in [2.75, 3.05) is 23.2 Å². The van der Waals surface area contributed by atoms with Crippen LogP contribution in [0.25, 0.3) is 0 Å². The predicted molar refractivity (Wildman–Crippen MR) is 131 cm³/mol. The SMILES string of the molecule is Cc1ccc(NS(=O)(=O)c2cc(NC(=O)CNC(=O)COc3ccccc3)ccc2C)c(C)c1. The van der Waals surface area contributed by atoms with Gasteiger partial charge in [0.2, 0.25) is 5.91 Å². The first-order chi connectivity index (χ1) is 16.1. The van der Waals surface area contributed by atoms with Crippen LogP contribution in [0, 0.1) is 20.8 Å². The number of benzene rings is 3. The lowest BCUT2D eigenvalue weighted by molar-refractivity contribution is -0.125. The minimum Gasteiger partial charge on any atom is -0.484 e. The highest BCUT2D eigenvalue weighted by atomic mass is 32.2. The van der Waals surface area contributed by atoms with Crippen molar-refractivity contribution >= 4 is 33.2 Å². The van der Waals surface area contributed by atoms with E-state index in [0.29, 0.717) is 22.7 Å². The fourth-order valence-corrected chi connectivity index (χ4v) is 4.60. The Morgan fingerprint density at radius 2 is 1.59 bits per heavy atom. The summed E-state index contributed by atoms with van der Waals surface area (Å²) < 4.78 is 34.0. The lowest BCUT2D eigenvalue weighted by Crippen LogP contribution is -2.35. The molecule has 3 N–H and O–H groups in total. The van der Waals surface area contributed by atoms with Crippen LogP contribution in [0.3, 0.4) is 0 Å². The number of rotatable bonds is 9. The fourth-order valence-electron chi connectivity index (χ4n) is 3.20. The number of amides is 2. The van der Waals surface area contributed by atoms with Crippen LogP contribution >= 0.6 is 0 Å². The van der Waals surface area contributed by atoms with Crippen molar-refractivity contribution in [2.45, 2.75) is 25.7 Å². The summed E-state index contributed by atoms with van der Waals surface area (Å²) in [6, 6.07) is 18.9. The first-order valence-corrected chi connectivity index (χ1v) is 12.1. The Morgan fingerprint density at radius 1 is 0.853 bits per heavy atom. The highest BCUT2D eigenvalue weighted by Gasteiger charge is 2.19. The van der Waals surface area contributed by atoms with Crippen molar-refractivity contribution in [1.29, 1.82) is 0 Å². The predicted octanol–water partition coefficient (Wildman–Crippen LogP) is 3.55. The van der Waals surface area contributed by atoms with Crippen LogP contribution in [0.4, 0.5) is 11.4 Å². The molecule has 34 heavy (non-hydrogen) atoms. The number of hydrogen-bond acceptors (Lipinski definition) is 5. The number of ether oxygens (including phenoxy) is 1. The minimum atomic E-state index is -3.88. The maximum atomic E-state index is 13.0. The lowest BCUT2D eigenvalue weighted by atomic mass is 10.1. The Labute approximate surface area is 199 Å². The van der Waals surface area contributed by atoms with E-state index in [1.165, 1.54) is 6.07 Å². The van der Waals surface area contributed by atoms with E-state index in [0.717, 1.165) is 11.1 Å². The Morgan fingerprint density at radius 3 is 2.29 bits per heavy atom. The molecule has 178 valence electrons. The zero-order valence-electron chi connectivity index (χ0n) is 19.2. The molecule has 9 heteroatoms. The molecular weight excluding hydrogens is 454 g/mol. The molecule has 0 radical (unpaired) electrons. The topological polar surface area (TPSA) is 114 Å². The van der Waals surface area contributed by atoms with Crippen molar-refractivity contribution in [3.8, 4) is 5.75 Å². The second-order valence-electron chi connectivity index (χ2n) is 7.83. The molecule has 0 aliphatic heterocycles. The average Bonchev–Trinajstić information content (AvgIpc) is 2.80. The van der Waals surface area contributed by atoms with Gasteiger partial charge in [0.15, 0.2) is 6.61 Å². The number of carbonyl (C=O) groups is 2. The van der Waals surface area contributed by atoms with Gasteiger partial charge in [0, 0.05) is 5.69 Å². The zero-order valence-corrected chi connectivity index (χ0v) is 20.0. The Balaban J connectivity index is 1.60. The number of hydrogen-bond donors (Lipinski definition) is 3. The summed E-state index contributed by atoms with van der Waals surface area (Å²) in [7, 11) is -3.88. The number of anilines is 2. The highest BCUT2D eigenvalue weighted by Crippen LogP contribution is 2.25. The molecule has 8 nitrogen and oxygen atoms in total. The molecular formula is C25H27N3O5S. The molecule has 0 fully saturated rings. The first-order valence-electron chi connectivity index (χ1n) is 10.6. The Bertz CT molecular complexity index is 1290. The van der Waals surface area contributed by atoms with Gasteiger partial charge in [-0.3, -0.25) is 14.3 Å². The normalized spacial score (nSPS) is 10.9. The molecule has 0 spiro atoms. The maximum absolute atomic E-state index is 13.0. The van der Waals surface area contributed by atoms with Gasteiger partial charge in [-0.25, -0.2) is 8.42 Å². The molecule has 0 atom stereocenters. The van der Waals surface area contributed by atoms with Crippen LogP contribution in [0.2, 0.25) is 0 Å². The molecule has 3 aromatic rings. The standard InChI is InChI=1S/C25H27N3O5S/c1-17-9-12-22(19(3)13-17)28-34(31,32)23-14-20(11-10-18(23)2)27-24(29)15-26-25(30)16-33-21-7-5-4-6-8-21/h4-14,28H,15-16H2,1-3H3,(H,26,30)(H,27,29). The van der Waals surface area contributed by atoms with Gasteiger partial charge >= 0.3 is 0 Å². The average molecular weight is 482 g/mol. The summed E-state index contributed by atoms with van der Waals surface area (Å²) >= 11 is 0. The molecule has 0 aliphatic rings. The van der Waals surface area contributed by atoms with E-state index in [1.807, 2.05) is 32.0 Å². The van der Waals surface area contributed by atoms with Crippen LogP contribution in [0.1, 0.15) is 16.7 Å². The van der Waals surface area contributed by atoms with Gasteiger partial charge in [-0.15, -0.1) is 0 Å². The number of carbonyl (C=O) groups excluding carboxylic acids is 2. The van der Waals surface area contributed by atoms with E-state index in [2.05, 4.69) is 15.4 Å². The number of aryl methyl sites for hydroxylation is 3. The van der Waals surface area contributed by atoms with Crippen molar-refractivity contribution in [3.63, 3.8) is 0 Å². The van der Waals surface area contributed by atoms with Gasteiger partial charge < -0.3 is 15.4 Å². The Hall–Kier alpha value is -3.85. The van der Waals surface area contributed by atoms with Crippen LogP contribution in [0.5, 0.6) is 5.75 Å². The van der Waals surface area contributed by atoms with E-state index in [-0.39, 0.29) is 18.0 Å². The number of sulfonamides is 1. The van der Waals surface area contributed by atoms with Crippen molar-refractivity contribution in [2.24, 2.45) is 0 Å². The number of nitrogens with one attached hydrogen (secondary N) is 3. The smallest absolute Gasteiger partial charge is 0.262 e. The molecule has 0 saturated carbocycles. The third-order valence-electron chi connectivity index (χ3n) is 4.95. The molecule has 3 rings (SSSR count). The van der Waals surface area contributed by atoms with Crippen LogP contribution in [0.15, 0.2) is 71.6 Å². The van der Waals surface area contributed by atoms with Gasteiger partial charge in [0.1, 0.15) is 5.75 Å². The lowest BCUT2D eigenvalue weighted by Gasteiger charge is -2.14. The first kappa shape index (κ1) is 24.8. The summed E-state index contributed by atoms with van der Waals surface area (Å²) in [5.41, 5.74) is 3.14. The maximum Gasteiger partial charge on any atom is 0.262 e. The quantitative estimate of drug-likeness (QED) is 0.433. The van der Waals surface area contributed by atoms with E-state index >= 15 is 0 Å². The van der Waals surface area contributed by atoms with Gasteiger partial charge in [-0.2, -0.15) is 0 Å². The largest absolute Gasteiger partial charge is 0.484 e. The van der Waals surface area contributed by atoms with Crippen LogP contribution in [-0.2, 0) is 19.6 Å². The molecule has 0 heterocycles. The van der Waals surface area contributed by atoms with Gasteiger partial charge in [-0.05, 0) is 62.2 Å².